The van der Waals surface area contributed by atoms with Crippen molar-refractivity contribution in [1.82, 2.24) is 9.97 Å². The van der Waals surface area contributed by atoms with Gasteiger partial charge in [-0.25, -0.2) is 9.97 Å². The fourth-order valence-corrected chi connectivity index (χ4v) is 1.89. The molecule has 0 saturated carbocycles. The highest BCUT2D eigenvalue weighted by Gasteiger charge is 2.00. The summed E-state index contributed by atoms with van der Waals surface area (Å²) in [4.78, 5) is 9.28. The molecule has 0 aromatic carbocycles. The predicted octanol–water partition coefficient (Wildman–Crippen LogP) is 3.68. The molecule has 0 amide bonds. The van der Waals surface area contributed by atoms with Gasteiger partial charge in [-0.1, -0.05) is 36.8 Å². The second-order valence-corrected chi connectivity index (χ2v) is 3.76. The summed E-state index contributed by atoms with van der Waals surface area (Å²) < 4.78 is 0. The molecule has 0 radical (unpaired) electrons. The van der Waals surface area contributed by atoms with Crippen molar-refractivity contribution < 1.29 is 0 Å². The van der Waals surface area contributed by atoms with Crippen molar-refractivity contribution in [2.45, 2.75) is 20.8 Å². The first-order chi connectivity index (χ1) is 6.25. The standard InChI is InChI=1S/C7H5ClN2S.C2H6/c1-4-9-5-2-3-6(8)10-7(5)11-4;1-2/h2-3H,1H3;1-2H3. The van der Waals surface area contributed by atoms with E-state index in [-0.39, 0.29) is 0 Å². The van der Waals surface area contributed by atoms with Crippen LogP contribution in [0.15, 0.2) is 12.1 Å². The number of thiazole rings is 1. The molecule has 2 aromatic heterocycles. The Morgan fingerprint density at radius 3 is 2.62 bits per heavy atom. The lowest BCUT2D eigenvalue weighted by molar-refractivity contribution is 1.33. The minimum absolute atomic E-state index is 0.529. The van der Waals surface area contributed by atoms with E-state index < -0.39 is 0 Å². The average Bonchev–Trinajstić information content (AvgIpc) is 2.48. The van der Waals surface area contributed by atoms with E-state index in [0.29, 0.717) is 5.15 Å². The molecule has 70 valence electrons. The van der Waals surface area contributed by atoms with Crippen molar-refractivity contribution >= 4 is 33.3 Å². The van der Waals surface area contributed by atoms with Crippen LogP contribution < -0.4 is 0 Å². The summed E-state index contributed by atoms with van der Waals surface area (Å²) in [5.41, 5.74) is 0.928. The molecule has 0 fully saturated rings. The summed E-state index contributed by atoms with van der Waals surface area (Å²) in [5, 5.41) is 1.55. The summed E-state index contributed by atoms with van der Waals surface area (Å²) in [5.74, 6) is 0. The fraction of sp³-hybridized carbons (Fsp3) is 0.333. The Bertz CT molecular complexity index is 397. The third kappa shape index (κ3) is 2.39. The molecule has 2 heterocycles. The summed E-state index contributed by atoms with van der Waals surface area (Å²) >= 11 is 7.26. The highest BCUT2D eigenvalue weighted by atomic mass is 35.5. The second kappa shape index (κ2) is 4.53. The van der Waals surface area contributed by atoms with Crippen LogP contribution in [0.25, 0.3) is 10.3 Å². The van der Waals surface area contributed by atoms with E-state index in [1.807, 2.05) is 26.8 Å². The van der Waals surface area contributed by atoms with E-state index in [0.717, 1.165) is 15.4 Å². The zero-order valence-corrected chi connectivity index (χ0v) is 9.41. The van der Waals surface area contributed by atoms with E-state index >= 15 is 0 Å². The van der Waals surface area contributed by atoms with E-state index in [1.165, 1.54) is 0 Å². The van der Waals surface area contributed by atoms with Crippen molar-refractivity contribution in [3.8, 4) is 0 Å². The first-order valence-electron chi connectivity index (χ1n) is 4.15. The highest BCUT2D eigenvalue weighted by Crippen LogP contribution is 2.20. The minimum atomic E-state index is 0.529. The van der Waals surface area contributed by atoms with Crippen molar-refractivity contribution in [2.24, 2.45) is 0 Å². The van der Waals surface area contributed by atoms with Crippen molar-refractivity contribution in [2.75, 3.05) is 0 Å². The zero-order chi connectivity index (χ0) is 9.84. The zero-order valence-electron chi connectivity index (χ0n) is 7.84. The van der Waals surface area contributed by atoms with E-state index in [4.69, 9.17) is 11.6 Å². The third-order valence-corrected chi connectivity index (χ3v) is 2.42. The van der Waals surface area contributed by atoms with Crippen LogP contribution in [0.5, 0.6) is 0 Å². The normalized spacial score (nSPS) is 9.54. The molecule has 2 rings (SSSR count). The van der Waals surface area contributed by atoms with Crippen LogP contribution in [-0.2, 0) is 0 Å². The number of halogens is 1. The van der Waals surface area contributed by atoms with Gasteiger partial charge in [0.15, 0.2) is 0 Å². The van der Waals surface area contributed by atoms with Gasteiger partial charge in [-0.05, 0) is 19.1 Å². The SMILES string of the molecule is CC.Cc1nc2ccc(Cl)nc2s1. The number of aromatic nitrogens is 2. The lowest BCUT2D eigenvalue weighted by atomic mass is 10.5. The largest absolute Gasteiger partial charge is 0.240 e. The minimum Gasteiger partial charge on any atom is -0.240 e. The first-order valence-corrected chi connectivity index (χ1v) is 5.35. The average molecular weight is 215 g/mol. The molecule has 0 atom stereocenters. The second-order valence-electron chi connectivity index (χ2n) is 2.19. The van der Waals surface area contributed by atoms with Crippen LogP contribution in [0.2, 0.25) is 5.15 Å². The van der Waals surface area contributed by atoms with Gasteiger partial charge in [0.05, 0.1) is 5.01 Å². The summed E-state index contributed by atoms with van der Waals surface area (Å²) in [7, 11) is 0. The van der Waals surface area contributed by atoms with Gasteiger partial charge in [-0.15, -0.1) is 0 Å². The third-order valence-electron chi connectivity index (χ3n) is 1.33. The molecule has 0 aliphatic heterocycles. The monoisotopic (exact) mass is 214 g/mol. The van der Waals surface area contributed by atoms with E-state index in [9.17, 15) is 0 Å². The van der Waals surface area contributed by atoms with Crippen LogP contribution in [0.1, 0.15) is 18.9 Å². The Labute approximate surface area is 86.6 Å². The number of nitrogens with zero attached hydrogens (tertiary/aromatic N) is 2. The molecule has 0 unspecified atom stereocenters. The van der Waals surface area contributed by atoms with Gasteiger partial charge in [0.2, 0.25) is 0 Å². The van der Waals surface area contributed by atoms with E-state index in [1.54, 1.807) is 17.4 Å². The van der Waals surface area contributed by atoms with Crippen LogP contribution in [0, 0.1) is 6.92 Å². The number of hydrogen-bond donors (Lipinski definition) is 0. The van der Waals surface area contributed by atoms with E-state index in [2.05, 4.69) is 9.97 Å². The molecular formula is C9H11ClN2S. The molecule has 0 aliphatic rings. The Kier molecular flexibility index (Phi) is 3.63. The quantitative estimate of drug-likeness (QED) is 0.626. The summed E-state index contributed by atoms with van der Waals surface area (Å²) in [6.07, 6.45) is 0. The van der Waals surface area contributed by atoms with Gasteiger partial charge in [0, 0.05) is 0 Å². The fourth-order valence-electron chi connectivity index (χ4n) is 0.903. The van der Waals surface area contributed by atoms with Crippen molar-refractivity contribution in [1.29, 1.82) is 0 Å². The number of pyridine rings is 1. The van der Waals surface area contributed by atoms with Gasteiger partial charge in [-0.3, -0.25) is 0 Å². The van der Waals surface area contributed by atoms with Gasteiger partial charge in [-0.2, -0.15) is 0 Å². The maximum absolute atomic E-state index is 5.70. The molecule has 2 nitrogen and oxygen atoms in total. The lowest BCUT2D eigenvalue weighted by Crippen LogP contribution is -1.73. The molecule has 0 spiro atoms. The van der Waals surface area contributed by atoms with Crippen molar-refractivity contribution in [3.05, 3.63) is 22.3 Å². The van der Waals surface area contributed by atoms with Crippen LogP contribution in [0.4, 0.5) is 0 Å². The first kappa shape index (κ1) is 10.4. The number of fused-ring (bicyclic) bond motifs is 1. The van der Waals surface area contributed by atoms with Crippen LogP contribution in [0.3, 0.4) is 0 Å². The van der Waals surface area contributed by atoms with Gasteiger partial charge >= 0.3 is 0 Å². The lowest BCUT2D eigenvalue weighted by Gasteiger charge is -1.85. The predicted molar refractivity (Wildman–Crippen MR) is 58.5 cm³/mol. The smallest absolute Gasteiger partial charge is 0.145 e. The molecule has 0 bridgehead atoms. The topological polar surface area (TPSA) is 25.8 Å². The maximum Gasteiger partial charge on any atom is 0.145 e. The summed E-state index contributed by atoms with van der Waals surface area (Å²) in [6, 6.07) is 3.64. The molecular weight excluding hydrogens is 204 g/mol. The molecule has 0 aliphatic carbocycles. The number of hydrogen-bond acceptors (Lipinski definition) is 3. The maximum atomic E-state index is 5.70. The Hall–Kier alpha value is -0.670. The van der Waals surface area contributed by atoms with Crippen LogP contribution >= 0.6 is 22.9 Å². The number of aryl methyl sites for hydroxylation is 1. The van der Waals surface area contributed by atoms with Gasteiger partial charge in [0.25, 0.3) is 0 Å². The molecule has 0 saturated heterocycles. The van der Waals surface area contributed by atoms with Gasteiger partial charge < -0.3 is 0 Å². The number of rotatable bonds is 0. The highest BCUT2D eigenvalue weighted by molar-refractivity contribution is 7.18. The Balaban J connectivity index is 0.000000396. The van der Waals surface area contributed by atoms with Crippen LogP contribution in [-0.4, -0.2) is 9.97 Å². The Morgan fingerprint density at radius 2 is 1.92 bits per heavy atom. The molecule has 2 aromatic rings. The Morgan fingerprint density at radius 1 is 1.23 bits per heavy atom. The van der Waals surface area contributed by atoms with Crippen molar-refractivity contribution in [3.63, 3.8) is 0 Å². The molecule has 13 heavy (non-hydrogen) atoms. The summed E-state index contributed by atoms with van der Waals surface area (Å²) in [6.45, 7) is 5.96. The molecule has 4 heteroatoms. The molecule has 0 N–H and O–H groups in total. The van der Waals surface area contributed by atoms with Gasteiger partial charge in [0.1, 0.15) is 15.5 Å².